The fraction of sp³-hybridized carbons (Fsp3) is 0.333. The van der Waals surface area contributed by atoms with Crippen LogP contribution in [-0.4, -0.2) is 38.7 Å². The molecule has 0 aliphatic heterocycles. The number of benzene rings is 1. The van der Waals surface area contributed by atoms with Crippen molar-refractivity contribution in [3.63, 3.8) is 0 Å². The lowest BCUT2D eigenvalue weighted by Gasteiger charge is -2.03. The van der Waals surface area contributed by atoms with Crippen molar-refractivity contribution >= 4 is 23.7 Å². The zero-order valence-corrected chi connectivity index (χ0v) is 16.2. The second kappa shape index (κ2) is 8.72. The summed E-state index contributed by atoms with van der Waals surface area (Å²) in [5, 5.41) is 14.7. The van der Waals surface area contributed by atoms with Crippen LogP contribution in [0, 0.1) is 6.92 Å². The number of rotatable bonds is 8. The van der Waals surface area contributed by atoms with Crippen molar-refractivity contribution in [3.8, 4) is 17.3 Å². The van der Waals surface area contributed by atoms with Crippen LogP contribution in [0.15, 0.2) is 39.6 Å². The number of nitrogens with one attached hydrogen (secondary N) is 1. The molecule has 142 valence electrons. The van der Waals surface area contributed by atoms with Gasteiger partial charge in [-0.05, 0) is 49.4 Å². The maximum Gasteiger partial charge on any atom is 0.322 e. The van der Waals surface area contributed by atoms with E-state index in [1.54, 1.807) is 23.6 Å². The van der Waals surface area contributed by atoms with E-state index >= 15 is 0 Å². The van der Waals surface area contributed by atoms with E-state index < -0.39 is 0 Å². The van der Waals surface area contributed by atoms with E-state index in [2.05, 4.69) is 20.6 Å². The Balaban J connectivity index is 1.42. The van der Waals surface area contributed by atoms with Gasteiger partial charge in [-0.3, -0.25) is 14.8 Å². The van der Waals surface area contributed by atoms with E-state index in [0.29, 0.717) is 12.1 Å². The third-order valence-corrected chi connectivity index (χ3v) is 4.98. The zero-order valence-electron chi connectivity index (χ0n) is 15.4. The Bertz CT molecular complexity index is 885. The molecule has 1 amide bonds. The van der Waals surface area contributed by atoms with Crippen LogP contribution in [0.2, 0.25) is 0 Å². The average Bonchev–Trinajstić information content (AvgIpc) is 3.26. The molecule has 0 atom stereocenters. The molecule has 0 bridgehead atoms. The number of thioether (sulfide) groups is 1. The first kappa shape index (κ1) is 19.0. The summed E-state index contributed by atoms with van der Waals surface area (Å²) in [7, 11) is 3.48. The Morgan fingerprint density at radius 2 is 2.07 bits per heavy atom. The Labute approximate surface area is 161 Å². The molecule has 9 heteroatoms. The molecule has 1 N–H and O–H groups in total. The Morgan fingerprint density at radius 1 is 1.30 bits per heavy atom. The van der Waals surface area contributed by atoms with Crippen LogP contribution in [0.5, 0.6) is 5.75 Å². The van der Waals surface area contributed by atoms with Gasteiger partial charge in [0.15, 0.2) is 0 Å². The van der Waals surface area contributed by atoms with E-state index in [1.807, 2.05) is 44.3 Å². The maximum absolute atomic E-state index is 12.0. The highest BCUT2D eigenvalue weighted by Gasteiger charge is 2.14. The van der Waals surface area contributed by atoms with Crippen molar-refractivity contribution in [3.05, 3.63) is 36.0 Å². The van der Waals surface area contributed by atoms with Gasteiger partial charge >= 0.3 is 6.01 Å². The molecule has 0 spiro atoms. The molecule has 1 aromatic carbocycles. The van der Waals surface area contributed by atoms with Gasteiger partial charge in [-0.25, -0.2) is 0 Å². The molecule has 3 rings (SSSR count). The number of nitrogens with zero attached hydrogens (tertiary/aromatic N) is 4. The highest BCUT2D eigenvalue weighted by molar-refractivity contribution is 7.99. The summed E-state index contributed by atoms with van der Waals surface area (Å²) >= 11 is 1.70. The van der Waals surface area contributed by atoms with E-state index in [1.165, 1.54) is 0 Å². The molecule has 0 saturated heterocycles. The van der Waals surface area contributed by atoms with Crippen molar-refractivity contribution in [1.29, 1.82) is 0 Å². The summed E-state index contributed by atoms with van der Waals surface area (Å²) in [5.41, 5.74) is 1.56. The fourth-order valence-electron chi connectivity index (χ4n) is 2.32. The Kier molecular flexibility index (Phi) is 6.12. The monoisotopic (exact) mass is 387 g/mol. The molecule has 0 unspecified atom stereocenters. The number of hydrogen-bond donors (Lipinski definition) is 1. The van der Waals surface area contributed by atoms with Crippen LogP contribution in [0.4, 0.5) is 6.01 Å². The summed E-state index contributed by atoms with van der Waals surface area (Å²) in [6, 6.07) is 9.78. The second-order valence-corrected chi connectivity index (χ2v) is 7.05. The lowest BCUT2D eigenvalue weighted by Crippen LogP contribution is -2.11. The number of aryl methyl sites for hydroxylation is 2. The number of carbonyl (C=O) groups excluding carboxylic acids is 1. The third-order valence-electron chi connectivity index (χ3n) is 3.88. The number of anilines is 1. The van der Waals surface area contributed by atoms with E-state index in [4.69, 9.17) is 9.15 Å². The number of aromatic nitrogens is 4. The molecular formula is C18H21N5O3S. The predicted molar refractivity (Wildman–Crippen MR) is 103 cm³/mol. The molecule has 3 aromatic rings. The van der Waals surface area contributed by atoms with Crippen LogP contribution in [-0.2, 0) is 11.8 Å². The van der Waals surface area contributed by atoms with Gasteiger partial charge in [-0.2, -0.15) is 5.10 Å². The van der Waals surface area contributed by atoms with Crippen molar-refractivity contribution in [2.75, 3.05) is 18.2 Å². The van der Waals surface area contributed by atoms with E-state index in [-0.39, 0.29) is 17.8 Å². The molecule has 0 aliphatic rings. The minimum Gasteiger partial charge on any atom is -0.497 e. The van der Waals surface area contributed by atoms with Gasteiger partial charge in [0.25, 0.3) is 5.89 Å². The van der Waals surface area contributed by atoms with Crippen LogP contribution >= 0.6 is 11.8 Å². The van der Waals surface area contributed by atoms with Gasteiger partial charge in [0.2, 0.25) is 5.91 Å². The highest BCUT2D eigenvalue weighted by Crippen LogP contribution is 2.22. The summed E-state index contributed by atoms with van der Waals surface area (Å²) in [6.45, 7) is 1.93. The van der Waals surface area contributed by atoms with Crippen LogP contribution in [0.25, 0.3) is 11.6 Å². The summed E-state index contributed by atoms with van der Waals surface area (Å²) < 4.78 is 12.3. The predicted octanol–water partition coefficient (Wildman–Crippen LogP) is 3.30. The molecule has 27 heavy (non-hydrogen) atoms. The first-order valence-electron chi connectivity index (χ1n) is 8.46. The second-order valence-electron chi connectivity index (χ2n) is 5.88. The van der Waals surface area contributed by atoms with Crippen LogP contribution < -0.4 is 10.1 Å². The summed E-state index contributed by atoms with van der Waals surface area (Å²) in [4.78, 5) is 13.2. The van der Waals surface area contributed by atoms with E-state index in [9.17, 15) is 4.79 Å². The van der Waals surface area contributed by atoms with Gasteiger partial charge in [-0.1, -0.05) is 5.10 Å². The maximum atomic E-state index is 12.0. The smallest absolute Gasteiger partial charge is 0.322 e. The quantitative estimate of drug-likeness (QED) is 0.468. The Hall–Kier alpha value is -2.81. The molecule has 0 aliphatic carbocycles. The van der Waals surface area contributed by atoms with Gasteiger partial charge in [-0.15, -0.1) is 16.9 Å². The van der Waals surface area contributed by atoms with Crippen molar-refractivity contribution < 1.29 is 13.9 Å². The molecule has 2 heterocycles. The molecular weight excluding hydrogens is 366 g/mol. The van der Waals surface area contributed by atoms with Gasteiger partial charge < -0.3 is 9.15 Å². The SMILES string of the molecule is COc1ccc(SCCCC(=O)Nc2nnc(-c3cc(C)n(C)n3)o2)cc1. The number of carbonyl (C=O) groups is 1. The lowest BCUT2D eigenvalue weighted by atomic mass is 10.3. The number of amides is 1. The van der Waals surface area contributed by atoms with Crippen LogP contribution in [0.3, 0.4) is 0 Å². The average molecular weight is 387 g/mol. The van der Waals surface area contributed by atoms with Gasteiger partial charge in [0.05, 0.1) is 7.11 Å². The van der Waals surface area contributed by atoms with Gasteiger partial charge in [0, 0.05) is 24.1 Å². The standard InChI is InChI=1S/C18H21N5O3S/c1-12-11-15(22-23(12)2)17-20-21-18(26-17)19-16(24)5-4-10-27-14-8-6-13(25-3)7-9-14/h6-9,11H,4-5,10H2,1-3H3,(H,19,21,24). The minimum absolute atomic E-state index is 0.0844. The van der Waals surface area contributed by atoms with Crippen molar-refractivity contribution in [2.24, 2.45) is 7.05 Å². The fourth-order valence-corrected chi connectivity index (χ4v) is 3.17. The molecule has 0 radical (unpaired) electrons. The molecule has 8 nitrogen and oxygen atoms in total. The summed E-state index contributed by atoms with van der Waals surface area (Å²) in [5.74, 6) is 1.79. The van der Waals surface area contributed by atoms with Crippen molar-refractivity contribution in [1.82, 2.24) is 20.0 Å². The number of methoxy groups -OCH3 is 1. The topological polar surface area (TPSA) is 95.1 Å². The Morgan fingerprint density at radius 3 is 2.74 bits per heavy atom. The third kappa shape index (κ3) is 5.10. The lowest BCUT2D eigenvalue weighted by molar-refractivity contribution is -0.116. The number of hydrogen-bond acceptors (Lipinski definition) is 7. The van der Waals surface area contributed by atoms with Crippen LogP contribution in [0.1, 0.15) is 18.5 Å². The van der Waals surface area contributed by atoms with Crippen molar-refractivity contribution in [2.45, 2.75) is 24.7 Å². The zero-order chi connectivity index (χ0) is 19.2. The molecule has 0 fully saturated rings. The van der Waals surface area contributed by atoms with E-state index in [0.717, 1.165) is 28.5 Å². The molecule has 0 saturated carbocycles. The number of ether oxygens (including phenoxy) is 1. The highest BCUT2D eigenvalue weighted by atomic mass is 32.2. The van der Waals surface area contributed by atoms with Gasteiger partial charge in [0.1, 0.15) is 11.4 Å². The first-order valence-corrected chi connectivity index (χ1v) is 9.45. The largest absolute Gasteiger partial charge is 0.497 e. The molecule has 2 aromatic heterocycles. The summed E-state index contributed by atoms with van der Waals surface area (Å²) in [6.07, 6.45) is 1.12. The first-order chi connectivity index (χ1) is 13.0. The minimum atomic E-state index is -0.155. The normalized spacial score (nSPS) is 10.8.